The third-order valence-electron chi connectivity index (χ3n) is 2.31. The first kappa shape index (κ1) is 13.5. The highest BCUT2D eigenvalue weighted by Crippen LogP contribution is 2.02. The van der Waals surface area contributed by atoms with Gasteiger partial charge in [-0.2, -0.15) is 0 Å². The average molecular weight is 235 g/mol. The minimum absolute atomic E-state index is 0.0356. The van der Waals surface area contributed by atoms with E-state index in [0.717, 1.165) is 6.42 Å². The van der Waals surface area contributed by atoms with Crippen LogP contribution in [0.2, 0.25) is 0 Å². The van der Waals surface area contributed by atoms with E-state index in [1.165, 1.54) is 5.56 Å². The molecule has 0 unspecified atom stereocenters. The number of rotatable bonds is 3. The van der Waals surface area contributed by atoms with Gasteiger partial charge < -0.3 is 10.2 Å². The zero-order valence-electron chi connectivity index (χ0n) is 11.0. The predicted molar refractivity (Wildman–Crippen MR) is 68.9 cm³/mol. The van der Waals surface area contributed by atoms with Crippen LogP contribution in [0.15, 0.2) is 24.5 Å². The van der Waals surface area contributed by atoms with Crippen LogP contribution in [0.25, 0.3) is 0 Å². The summed E-state index contributed by atoms with van der Waals surface area (Å²) >= 11 is 0. The number of carbonyl (C=O) groups is 1. The molecule has 4 nitrogen and oxygen atoms in total. The van der Waals surface area contributed by atoms with Crippen LogP contribution in [0.1, 0.15) is 26.3 Å². The lowest BCUT2D eigenvalue weighted by Gasteiger charge is -2.25. The first-order valence-electron chi connectivity index (χ1n) is 5.81. The van der Waals surface area contributed by atoms with Gasteiger partial charge in [0.05, 0.1) is 0 Å². The zero-order valence-corrected chi connectivity index (χ0v) is 11.0. The highest BCUT2D eigenvalue weighted by atomic mass is 16.2. The van der Waals surface area contributed by atoms with E-state index in [0.29, 0.717) is 6.54 Å². The van der Waals surface area contributed by atoms with Gasteiger partial charge in [0.15, 0.2) is 0 Å². The van der Waals surface area contributed by atoms with E-state index < -0.39 is 0 Å². The molecule has 0 aliphatic heterocycles. The number of carbonyl (C=O) groups excluding carboxylic acids is 1. The summed E-state index contributed by atoms with van der Waals surface area (Å²) in [7, 11) is 1.81. The van der Waals surface area contributed by atoms with Crippen molar-refractivity contribution in [2.75, 3.05) is 13.6 Å². The summed E-state index contributed by atoms with van der Waals surface area (Å²) in [6.45, 7) is 6.62. The van der Waals surface area contributed by atoms with E-state index in [-0.39, 0.29) is 11.6 Å². The molecule has 0 aliphatic carbocycles. The van der Waals surface area contributed by atoms with Crippen LogP contribution in [0.5, 0.6) is 0 Å². The number of urea groups is 1. The summed E-state index contributed by atoms with van der Waals surface area (Å²) in [5, 5.41) is 2.93. The molecule has 1 heterocycles. The molecule has 1 rings (SSSR count). The van der Waals surface area contributed by atoms with Crippen molar-refractivity contribution in [1.82, 2.24) is 15.2 Å². The van der Waals surface area contributed by atoms with Crippen molar-refractivity contribution in [3.63, 3.8) is 0 Å². The molecule has 1 aromatic rings. The number of amides is 2. The van der Waals surface area contributed by atoms with Crippen LogP contribution in [0.4, 0.5) is 4.79 Å². The lowest BCUT2D eigenvalue weighted by atomic mass is 10.1. The van der Waals surface area contributed by atoms with E-state index >= 15 is 0 Å². The van der Waals surface area contributed by atoms with Gasteiger partial charge in [0.2, 0.25) is 0 Å². The summed E-state index contributed by atoms with van der Waals surface area (Å²) < 4.78 is 0. The Balaban J connectivity index is 2.40. The summed E-state index contributed by atoms with van der Waals surface area (Å²) in [5.41, 5.74) is 0.998. The average Bonchev–Trinajstić information content (AvgIpc) is 2.25. The second-order valence-electron chi connectivity index (χ2n) is 5.21. The van der Waals surface area contributed by atoms with Gasteiger partial charge >= 0.3 is 6.03 Å². The minimum atomic E-state index is -0.192. The second-order valence-corrected chi connectivity index (χ2v) is 5.21. The fourth-order valence-electron chi connectivity index (χ4n) is 1.36. The van der Waals surface area contributed by atoms with E-state index in [2.05, 4.69) is 10.3 Å². The standard InChI is InChI=1S/C13H21N3O/c1-13(2,3)15-12(17)16(4)10-7-11-5-8-14-9-6-11/h5-6,8-9H,7,10H2,1-4H3,(H,15,17). The monoisotopic (exact) mass is 235 g/mol. The van der Waals surface area contributed by atoms with Gasteiger partial charge in [0.25, 0.3) is 0 Å². The molecule has 0 bridgehead atoms. The molecule has 4 heteroatoms. The van der Waals surface area contributed by atoms with Gasteiger partial charge in [0, 0.05) is 31.5 Å². The van der Waals surface area contributed by atoms with Crippen molar-refractivity contribution in [2.24, 2.45) is 0 Å². The van der Waals surface area contributed by atoms with Gasteiger partial charge in [-0.25, -0.2) is 4.79 Å². The first-order valence-corrected chi connectivity index (χ1v) is 5.81. The summed E-state index contributed by atoms with van der Waals surface area (Å²) in [6.07, 6.45) is 4.38. The number of hydrogen-bond donors (Lipinski definition) is 1. The fraction of sp³-hybridized carbons (Fsp3) is 0.538. The lowest BCUT2D eigenvalue weighted by molar-refractivity contribution is 0.200. The predicted octanol–water partition coefficient (Wildman–Crippen LogP) is 2.06. The molecule has 1 aromatic heterocycles. The molecule has 0 aromatic carbocycles. The van der Waals surface area contributed by atoms with Crippen LogP contribution >= 0.6 is 0 Å². The Morgan fingerprint density at radius 1 is 1.35 bits per heavy atom. The molecule has 0 saturated carbocycles. The highest BCUT2D eigenvalue weighted by Gasteiger charge is 2.16. The van der Waals surface area contributed by atoms with Gasteiger partial charge in [-0.05, 0) is 44.9 Å². The molecule has 0 spiro atoms. The Labute approximate surface area is 103 Å². The van der Waals surface area contributed by atoms with Crippen molar-refractivity contribution >= 4 is 6.03 Å². The van der Waals surface area contributed by atoms with Crippen molar-refractivity contribution in [3.8, 4) is 0 Å². The summed E-state index contributed by atoms with van der Waals surface area (Å²) in [4.78, 5) is 17.4. The molecule has 0 fully saturated rings. The first-order chi connectivity index (χ1) is 7.88. The normalized spacial score (nSPS) is 11.1. The van der Waals surface area contributed by atoms with E-state index in [9.17, 15) is 4.79 Å². The maximum atomic E-state index is 11.8. The highest BCUT2D eigenvalue weighted by molar-refractivity contribution is 5.74. The summed E-state index contributed by atoms with van der Waals surface area (Å²) in [5.74, 6) is 0. The molecule has 0 aliphatic rings. The second kappa shape index (κ2) is 5.66. The van der Waals surface area contributed by atoms with Crippen molar-refractivity contribution < 1.29 is 4.79 Å². The Hall–Kier alpha value is -1.58. The Morgan fingerprint density at radius 2 is 1.94 bits per heavy atom. The SMILES string of the molecule is CN(CCc1ccncc1)C(=O)NC(C)(C)C. The molecule has 0 radical (unpaired) electrons. The maximum absolute atomic E-state index is 11.8. The van der Waals surface area contributed by atoms with Crippen molar-refractivity contribution in [2.45, 2.75) is 32.7 Å². The van der Waals surface area contributed by atoms with Crippen LogP contribution in [-0.2, 0) is 6.42 Å². The molecule has 94 valence electrons. The quantitative estimate of drug-likeness (QED) is 0.871. The topological polar surface area (TPSA) is 45.2 Å². The largest absolute Gasteiger partial charge is 0.333 e. The van der Waals surface area contributed by atoms with E-state index in [1.807, 2.05) is 40.0 Å². The molecule has 0 atom stereocenters. The van der Waals surface area contributed by atoms with Crippen LogP contribution < -0.4 is 5.32 Å². The molecular weight excluding hydrogens is 214 g/mol. The van der Waals surface area contributed by atoms with Crippen molar-refractivity contribution in [3.05, 3.63) is 30.1 Å². The fourth-order valence-corrected chi connectivity index (χ4v) is 1.36. The molecule has 1 N–H and O–H groups in total. The number of nitrogens with zero attached hydrogens (tertiary/aromatic N) is 2. The van der Waals surface area contributed by atoms with Crippen LogP contribution in [0, 0.1) is 0 Å². The zero-order chi connectivity index (χ0) is 12.9. The molecule has 2 amide bonds. The lowest BCUT2D eigenvalue weighted by Crippen LogP contribution is -2.47. The number of nitrogens with one attached hydrogen (secondary N) is 1. The third kappa shape index (κ3) is 5.33. The Morgan fingerprint density at radius 3 is 2.47 bits per heavy atom. The van der Waals surface area contributed by atoms with E-state index in [1.54, 1.807) is 17.3 Å². The number of aromatic nitrogens is 1. The van der Waals surface area contributed by atoms with Gasteiger partial charge in [-0.15, -0.1) is 0 Å². The molecule has 17 heavy (non-hydrogen) atoms. The van der Waals surface area contributed by atoms with Crippen LogP contribution in [-0.4, -0.2) is 35.0 Å². The Kier molecular flexibility index (Phi) is 4.49. The summed E-state index contributed by atoms with van der Waals surface area (Å²) in [6, 6.07) is 3.90. The van der Waals surface area contributed by atoms with Crippen LogP contribution in [0.3, 0.4) is 0 Å². The van der Waals surface area contributed by atoms with Gasteiger partial charge in [-0.3, -0.25) is 4.98 Å². The molecular formula is C13H21N3O. The number of hydrogen-bond acceptors (Lipinski definition) is 2. The smallest absolute Gasteiger partial charge is 0.317 e. The third-order valence-corrected chi connectivity index (χ3v) is 2.31. The minimum Gasteiger partial charge on any atom is -0.333 e. The van der Waals surface area contributed by atoms with Crippen molar-refractivity contribution in [1.29, 1.82) is 0 Å². The number of likely N-dealkylation sites (N-methyl/N-ethyl adjacent to an activating group) is 1. The molecule has 0 saturated heterocycles. The van der Waals surface area contributed by atoms with E-state index in [4.69, 9.17) is 0 Å². The number of pyridine rings is 1. The maximum Gasteiger partial charge on any atom is 0.317 e. The van der Waals surface area contributed by atoms with Gasteiger partial charge in [-0.1, -0.05) is 0 Å². The van der Waals surface area contributed by atoms with Gasteiger partial charge in [0.1, 0.15) is 0 Å². The Bertz CT molecular complexity index is 357.